The fraction of sp³-hybridized carbons (Fsp3) is 0.933. The Morgan fingerprint density at radius 3 is 0.605 bits per heavy atom. The summed E-state index contributed by atoms with van der Waals surface area (Å²) in [6.07, 6.45) is 29.3. The number of hydrogen-bond acceptors (Lipinski definition) is 4. The third-order valence-electron chi connectivity index (χ3n) is 5.52. The molecule has 0 aliphatic carbocycles. The lowest BCUT2D eigenvalue weighted by molar-refractivity contribution is -0.137. The van der Waals surface area contributed by atoms with Crippen LogP contribution in [0.4, 0.5) is 0 Å². The second kappa shape index (κ2) is 48.9. The third kappa shape index (κ3) is 91.9. The average molecular weight is 571 g/mol. The van der Waals surface area contributed by atoms with Crippen LogP contribution in [0.5, 0.6) is 0 Å². The summed E-state index contributed by atoms with van der Waals surface area (Å²) in [5, 5.41) is 15.4. The standard InChI is InChI=1S/2C12H26.2C3H6O2.H2O3S/c2*1-3-5-7-9-11-12-10-8-6-4-2;2*1-2-3(4)5;1-4(2)3/h2*3-12H2,1-2H3;2*2H2,1H3,(H,4,5);4H,(H,1,2,3). The van der Waals surface area contributed by atoms with Gasteiger partial charge in [0.25, 0.3) is 11.0 Å². The SMILES string of the molecule is CCC(=O)O.CCC(=O)O.CCCCCCCCCCCC.CCCCCCCCCCCC.O=[SH](=O)O. The van der Waals surface area contributed by atoms with Crippen LogP contribution in [0.25, 0.3) is 0 Å². The number of thiol groups is 1. The van der Waals surface area contributed by atoms with Gasteiger partial charge in [-0.3, -0.25) is 14.1 Å². The minimum atomic E-state index is -3.12. The van der Waals surface area contributed by atoms with E-state index in [0.29, 0.717) is 0 Å². The average Bonchev–Trinajstić information content (AvgIpc) is 2.88. The number of carboxylic acid groups (broad SMARTS) is 2. The molecule has 0 amide bonds. The van der Waals surface area contributed by atoms with E-state index < -0.39 is 22.9 Å². The quantitative estimate of drug-likeness (QED) is 0.0651. The highest BCUT2D eigenvalue weighted by Gasteiger charge is 1.91. The first kappa shape index (κ1) is 46.7. The zero-order chi connectivity index (χ0) is 30.3. The van der Waals surface area contributed by atoms with Crippen LogP contribution in [0.15, 0.2) is 0 Å². The molecule has 0 saturated carbocycles. The van der Waals surface area contributed by atoms with E-state index in [-0.39, 0.29) is 12.8 Å². The Morgan fingerprint density at radius 2 is 0.526 bits per heavy atom. The Hall–Kier alpha value is -1.15. The molecule has 38 heavy (non-hydrogen) atoms. The van der Waals surface area contributed by atoms with Gasteiger partial charge in [-0.25, -0.2) is 8.42 Å². The Labute approximate surface area is 238 Å². The summed E-state index contributed by atoms with van der Waals surface area (Å²) >= 11 is 0. The van der Waals surface area contributed by atoms with Gasteiger partial charge in [0, 0.05) is 12.8 Å². The number of carboxylic acids is 2. The number of aliphatic carboxylic acids is 2. The van der Waals surface area contributed by atoms with Gasteiger partial charge in [0.2, 0.25) is 0 Å². The van der Waals surface area contributed by atoms with Crippen LogP contribution in [0, 0.1) is 0 Å². The maximum Gasteiger partial charge on any atom is 0.303 e. The highest BCUT2D eigenvalue weighted by Crippen LogP contribution is 2.10. The topological polar surface area (TPSA) is 129 Å². The van der Waals surface area contributed by atoms with Crippen LogP contribution < -0.4 is 0 Å². The molecule has 0 spiro atoms. The van der Waals surface area contributed by atoms with Crippen LogP contribution in [0.1, 0.15) is 183 Å². The molecule has 0 fully saturated rings. The molecule has 0 aliphatic heterocycles. The predicted octanol–water partition coefficient (Wildman–Crippen LogP) is 9.89. The molecule has 0 bridgehead atoms. The molecule has 0 aromatic heterocycles. The van der Waals surface area contributed by atoms with Gasteiger partial charge in [-0.05, 0) is 0 Å². The van der Waals surface area contributed by atoms with E-state index in [4.69, 9.17) is 23.2 Å². The minimum absolute atomic E-state index is 0.222. The number of rotatable bonds is 20. The molecular weight excluding hydrogens is 504 g/mol. The van der Waals surface area contributed by atoms with E-state index in [1.807, 2.05) is 0 Å². The van der Waals surface area contributed by atoms with E-state index in [2.05, 4.69) is 27.7 Å². The molecular formula is C30H66O7S. The van der Waals surface area contributed by atoms with Crippen molar-refractivity contribution in [1.82, 2.24) is 0 Å². The molecule has 0 unspecified atom stereocenters. The molecule has 0 aromatic rings. The van der Waals surface area contributed by atoms with Crippen molar-refractivity contribution in [3.63, 3.8) is 0 Å². The summed E-state index contributed by atoms with van der Waals surface area (Å²) in [7, 11) is -3.12. The summed E-state index contributed by atoms with van der Waals surface area (Å²) in [4.78, 5) is 18.7. The largest absolute Gasteiger partial charge is 0.481 e. The van der Waals surface area contributed by atoms with Gasteiger partial charge in [0.15, 0.2) is 0 Å². The molecule has 0 atom stereocenters. The summed E-state index contributed by atoms with van der Waals surface area (Å²) in [5.74, 6) is -1.49. The molecule has 0 aromatic carbocycles. The van der Waals surface area contributed by atoms with Crippen molar-refractivity contribution in [2.45, 2.75) is 183 Å². The number of carbonyl (C=O) groups is 2. The lowest BCUT2D eigenvalue weighted by atomic mass is 10.1. The molecule has 0 saturated heterocycles. The maximum absolute atomic E-state index is 9.37. The highest BCUT2D eigenvalue weighted by atomic mass is 32.2. The van der Waals surface area contributed by atoms with Gasteiger partial charge in [-0.15, -0.1) is 0 Å². The van der Waals surface area contributed by atoms with E-state index in [1.54, 1.807) is 13.8 Å². The van der Waals surface area contributed by atoms with Crippen molar-refractivity contribution in [3.8, 4) is 0 Å². The highest BCUT2D eigenvalue weighted by molar-refractivity contribution is 7.66. The van der Waals surface area contributed by atoms with Gasteiger partial charge in [0.1, 0.15) is 0 Å². The van der Waals surface area contributed by atoms with Crippen molar-refractivity contribution < 1.29 is 32.8 Å². The lowest BCUT2D eigenvalue weighted by Crippen LogP contribution is -1.86. The monoisotopic (exact) mass is 570 g/mol. The van der Waals surface area contributed by atoms with E-state index in [1.165, 1.54) is 128 Å². The first-order valence-electron chi connectivity index (χ1n) is 15.4. The Kier molecular flexibility index (Phi) is 60.0. The van der Waals surface area contributed by atoms with Crippen LogP contribution in [0.3, 0.4) is 0 Å². The second-order valence-corrected chi connectivity index (χ2v) is 9.86. The first-order chi connectivity index (χ1) is 18.1. The van der Waals surface area contributed by atoms with E-state index in [9.17, 15) is 9.59 Å². The van der Waals surface area contributed by atoms with Crippen molar-refractivity contribution >= 4 is 22.9 Å². The zero-order valence-corrected chi connectivity index (χ0v) is 26.9. The number of hydrogen-bond donors (Lipinski definition) is 4. The van der Waals surface area contributed by atoms with Crippen LogP contribution >= 0.6 is 0 Å². The molecule has 234 valence electrons. The van der Waals surface area contributed by atoms with Crippen molar-refractivity contribution in [3.05, 3.63) is 0 Å². The summed E-state index contributed by atoms with van der Waals surface area (Å²) in [6, 6.07) is 0. The van der Waals surface area contributed by atoms with Crippen LogP contribution in [-0.2, 0) is 20.6 Å². The molecule has 0 radical (unpaired) electrons. The Morgan fingerprint density at radius 1 is 0.421 bits per heavy atom. The van der Waals surface area contributed by atoms with Crippen LogP contribution in [-0.4, -0.2) is 35.1 Å². The molecule has 7 nitrogen and oxygen atoms in total. The van der Waals surface area contributed by atoms with Crippen molar-refractivity contribution in [2.24, 2.45) is 0 Å². The Balaban J connectivity index is -0.000000129. The minimum Gasteiger partial charge on any atom is -0.481 e. The molecule has 3 N–H and O–H groups in total. The van der Waals surface area contributed by atoms with Gasteiger partial charge in [-0.1, -0.05) is 170 Å². The first-order valence-corrected chi connectivity index (χ1v) is 16.5. The van der Waals surface area contributed by atoms with Gasteiger partial charge in [0.05, 0.1) is 0 Å². The normalized spacial score (nSPS) is 9.47. The Bertz CT molecular complexity index is 433. The van der Waals surface area contributed by atoms with Crippen molar-refractivity contribution in [2.75, 3.05) is 0 Å². The van der Waals surface area contributed by atoms with Gasteiger partial charge < -0.3 is 10.2 Å². The smallest absolute Gasteiger partial charge is 0.303 e. The van der Waals surface area contributed by atoms with E-state index in [0.717, 1.165) is 0 Å². The molecule has 8 heteroatoms. The third-order valence-corrected chi connectivity index (χ3v) is 5.52. The lowest BCUT2D eigenvalue weighted by Gasteiger charge is -1.99. The summed E-state index contributed by atoms with van der Waals surface area (Å²) in [5.41, 5.74) is 0. The fourth-order valence-electron chi connectivity index (χ4n) is 3.12. The van der Waals surface area contributed by atoms with Gasteiger partial charge in [-0.2, -0.15) is 0 Å². The zero-order valence-electron chi connectivity index (χ0n) is 26.0. The van der Waals surface area contributed by atoms with Crippen LogP contribution in [0.2, 0.25) is 0 Å². The second-order valence-electron chi connectivity index (χ2n) is 9.39. The maximum atomic E-state index is 9.37. The molecule has 0 heterocycles. The fourth-order valence-corrected chi connectivity index (χ4v) is 3.12. The number of unbranched alkanes of at least 4 members (excludes halogenated alkanes) is 18. The van der Waals surface area contributed by atoms with Gasteiger partial charge >= 0.3 is 11.9 Å². The molecule has 0 rings (SSSR count). The predicted molar refractivity (Wildman–Crippen MR) is 164 cm³/mol. The van der Waals surface area contributed by atoms with E-state index >= 15 is 0 Å². The molecule has 0 aliphatic rings. The van der Waals surface area contributed by atoms with Crippen molar-refractivity contribution in [1.29, 1.82) is 0 Å². The summed E-state index contributed by atoms with van der Waals surface area (Å²) < 4.78 is 24.2. The summed E-state index contributed by atoms with van der Waals surface area (Å²) in [6.45, 7) is 12.3.